The van der Waals surface area contributed by atoms with E-state index in [1.54, 1.807) is 0 Å². The molecule has 11 heavy (non-hydrogen) atoms. The Morgan fingerprint density at radius 2 is 2.09 bits per heavy atom. The first-order valence-electron chi connectivity index (χ1n) is 3.46. The molecule has 0 fully saturated rings. The van der Waals surface area contributed by atoms with E-state index in [-0.39, 0.29) is 17.3 Å². The zero-order valence-corrected chi connectivity index (χ0v) is 7.01. The van der Waals surface area contributed by atoms with Gasteiger partial charge in [-0.15, -0.1) is 11.6 Å². The van der Waals surface area contributed by atoms with Crippen LogP contribution in [0, 0.1) is 0 Å². The molecule has 2 atom stereocenters. The summed E-state index contributed by atoms with van der Waals surface area (Å²) in [6.45, 7) is 1.48. The molecule has 1 N–H and O–H groups in total. The van der Waals surface area contributed by atoms with Crippen LogP contribution < -0.4 is 5.32 Å². The molecule has 60 valence electrons. The Bertz CT molecular complexity index is 210. The number of carbonyl (C=O) groups is 1. The number of amides is 1. The largest absolute Gasteiger partial charge is 0.348 e. The summed E-state index contributed by atoms with van der Waals surface area (Å²) in [7, 11) is 0. The fourth-order valence-electron chi connectivity index (χ4n) is 0.942. The van der Waals surface area contributed by atoms with Gasteiger partial charge in [0, 0.05) is 6.92 Å². The highest BCUT2D eigenvalue weighted by Crippen LogP contribution is 2.10. The Balaban J connectivity index is 2.52. The second-order valence-corrected chi connectivity index (χ2v) is 2.94. The van der Waals surface area contributed by atoms with Crippen molar-refractivity contribution in [2.75, 3.05) is 0 Å². The summed E-state index contributed by atoms with van der Waals surface area (Å²) in [5.74, 6) is -0.0550. The van der Waals surface area contributed by atoms with Gasteiger partial charge in [-0.25, -0.2) is 0 Å². The summed E-state index contributed by atoms with van der Waals surface area (Å²) in [6.07, 6.45) is 7.47. The van der Waals surface area contributed by atoms with E-state index < -0.39 is 0 Å². The molecule has 1 aliphatic rings. The van der Waals surface area contributed by atoms with Crippen molar-refractivity contribution in [1.29, 1.82) is 0 Å². The van der Waals surface area contributed by atoms with E-state index in [9.17, 15) is 4.79 Å². The minimum Gasteiger partial charge on any atom is -0.348 e. The van der Waals surface area contributed by atoms with E-state index in [0.717, 1.165) is 0 Å². The molecule has 1 aliphatic carbocycles. The average Bonchev–Trinajstić information content (AvgIpc) is 1.93. The van der Waals surface area contributed by atoms with Crippen LogP contribution in [-0.2, 0) is 4.79 Å². The topological polar surface area (TPSA) is 29.1 Å². The van der Waals surface area contributed by atoms with Crippen molar-refractivity contribution in [1.82, 2.24) is 5.32 Å². The van der Waals surface area contributed by atoms with E-state index in [1.165, 1.54) is 6.92 Å². The Kier molecular flexibility index (Phi) is 2.71. The Labute approximate surface area is 70.9 Å². The van der Waals surface area contributed by atoms with Crippen LogP contribution in [0.25, 0.3) is 0 Å². The molecule has 0 bridgehead atoms. The molecule has 0 aromatic carbocycles. The highest BCUT2D eigenvalue weighted by atomic mass is 35.5. The molecule has 0 saturated carbocycles. The lowest BCUT2D eigenvalue weighted by Gasteiger charge is -2.18. The first-order chi connectivity index (χ1) is 5.20. The maximum atomic E-state index is 10.6. The van der Waals surface area contributed by atoms with E-state index >= 15 is 0 Å². The number of allylic oxidation sites excluding steroid dienone is 2. The fourth-order valence-corrected chi connectivity index (χ4v) is 1.17. The number of nitrogens with one attached hydrogen (secondary N) is 1. The average molecular weight is 172 g/mol. The molecule has 3 heteroatoms. The van der Waals surface area contributed by atoms with E-state index in [4.69, 9.17) is 11.6 Å². The summed E-state index contributed by atoms with van der Waals surface area (Å²) < 4.78 is 0. The first kappa shape index (κ1) is 8.34. The zero-order valence-electron chi connectivity index (χ0n) is 6.25. The smallest absolute Gasteiger partial charge is 0.217 e. The molecule has 2 nitrogen and oxygen atoms in total. The van der Waals surface area contributed by atoms with Gasteiger partial charge in [0.2, 0.25) is 5.91 Å². The third kappa shape index (κ3) is 2.39. The quantitative estimate of drug-likeness (QED) is 0.591. The maximum absolute atomic E-state index is 10.6. The summed E-state index contributed by atoms with van der Waals surface area (Å²) >= 11 is 5.87. The predicted octanol–water partition coefficient (Wildman–Crippen LogP) is 1.22. The molecular weight excluding hydrogens is 162 g/mol. The van der Waals surface area contributed by atoms with Gasteiger partial charge in [-0.1, -0.05) is 24.3 Å². The van der Waals surface area contributed by atoms with Crippen LogP contribution in [0.15, 0.2) is 24.3 Å². The molecule has 0 radical (unpaired) electrons. The molecule has 0 aromatic heterocycles. The van der Waals surface area contributed by atoms with E-state index in [1.807, 2.05) is 24.3 Å². The monoisotopic (exact) mass is 171 g/mol. The molecule has 0 aliphatic heterocycles. The Hall–Kier alpha value is -0.760. The second kappa shape index (κ2) is 3.58. The molecule has 1 rings (SSSR count). The van der Waals surface area contributed by atoms with Crippen molar-refractivity contribution >= 4 is 17.5 Å². The van der Waals surface area contributed by atoms with Crippen LogP contribution in [0.3, 0.4) is 0 Å². The summed E-state index contributed by atoms with van der Waals surface area (Å²) in [5.41, 5.74) is 0. The minimum atomic E-state index is -0.121. The Morgan fingerprint density at radius 1 is 1.45 bits per heavy atom. The van der Waals surface area contributed by atoms with Crippen molar-refractivity contribution < 1.29 is 4.79 Å². The molecular formula is C8H10ClNO. The van der Waals surface area contributed by atoms with Gasteiger partial charge in [0.15, 0.2) is 0 Å². The predicted molar refractivity (Wildman–Crippen MR) is 45.5 cm³/mol. The van der Waals surface area contributed by atoms with E-state index in [0.29, 0.717) is 0 Å². The molecule has 0 heterocycles. The van der Waals surface area contributed by atoms with Crippen molar-refractivity contribution in [3.05, 3.63) is 24.3 Å². The van der Waals surface area contributed by atoms with Crippen molar-refractivity contribution in [3.63, 3.8) is 0 Å². The Morgan fingerprint density at radius 3 is 2.64 bits per heavy atom. The molecule has 0 spiro atoms. The van der Waals surface area contributed by atoms with Crippen molar-refractivity contribution in [2.24, 2.45) is 0 Å². The van der Waals surface area contributed by atoms with Crippen LogP contribution >= 0.6 is 11.6 Å². The van der Waals surface area contributed by atoms with Gasteiger partial charge in [0.1, 0.15) is 0 Å². The lowest BCUT2D eigenvalue weighted by molar-refractivity contribution is -0.119. The van der Waals surface area contributed by atoms with Gasteiger partial charge in [-0.2, -0.15) is 0 Å². The normalized spacial score (nSPS) is 28.5. The van der Waals surface area contributed by atoms with Gasteiger partial charge in [-0.3, -0.25) is 4.79 Å². The standard InChI is InChI=1S/C8H10ClNO/c1-6(11)10-8-5-3-2-4-7(8)9/h2-5,7-8H,1H3,(H,10,11). The van der Waals surface area contributed by atoms with Gasteiger partial charge in [0.25, 0.3) is 0 Å². The number of halogens is 1. The number of alkyl halides is 1. The van der Waals surface area contributed by atoms with Crippen LogP contribution in [0.4, 0.5) is 0 Å². The number of rotatable bonds is 1. The molecule has 0 aromatic rings. The van der Waals surface area contributed by atoms with Crippen LogP contribution in [0.1, 0.15) is 6.92 Å². The maximum Gasteiger partial charge on any atom is 0.217 e. The number of hydrogen-bond donors (Lipinski definition) is 1. The fraction of sp³-hybridized carbons (Fsp3) is 0.375. The van der Waals surface area contributed by atoms with Crippen molar-refractivity contribution in [2.45, 2.75) is 18.3 Å². The summed E-state index contributed by atoms with van der Waals surface area (Å²) in [6, 6.07) is -0.0563. The van der Waals surface area contributed by atoms with Crippen LogP contribution in [0.2, 0.25) is 0 Å². The zero-order chi connectivity index (χ0) is 8.27. The second-order valence-electron chi connectivity index (χ2n) is 2.44. The van der Waals surface area contributed by atoms with Gasteiger partial charge in [-0.05, 0) is 0 Å². The minimum absolute atomic E-state index is 0.0550. The molecule has 1 amide bonds. The lowest BCUT2D eigenvalue weighted by atomic mass is 10.1. The van der Waals surface area contributed by atoms with Crippen LogP contribution in [-0.4, -0.2) is 17.3 Å². The van der Waals surface area contributed by atoms with Gasteiger partial charge >= 0.3 is 0 Å². The highest BCUT2D eigenvalue weighted by Gasteiger charge is 2.15. The lowest BCUT2D eigenvalue weighted by Crippen LogP contribution is -2.38. The highest BCUT2D eigenvalue weighted by molar-refractivity contribution is 6.22. The van der Waals surface area contributed by atoms with Gasteiger partial charge < -0.3 is 5.32 Å². The van der Waals surface area contributed by atoms with E-state index in [2.05, 4.69) is 5.32 Å². The van der Waals surface area contributed by atoms with Crippen LogP contribution in [0.5, 0.6) is 0 Å². The van der Waals surface area contributed by atoms with Gasteiger partial charge in [0.05, 0.1) is 11.4 Å². The summed E-state index contributed by atoms with van der Waals surface area (Å²) in [4.78, 5) is 10.6. The SMILES string of the molecule is CC(=O)NC1C=CC=CC1Cl. The third-order valence-electron chi connectivity index (χ3n) is 1.44. The number of hydrogen-bond acceptors (Lipinski definition) is 1. The third-order valence-corrected chi connectivity index (χ3v) is 1.85. The first-order valence-corrected chi connectivity index (χ1v) is 3.90. The summed E-state index contributed by atoms with van der Waals surface area (Å²) in [5, 5.41) is 2.60. The van der Waals surface area contributed by atoms with Crippen molar-refractivity contribution in [3.8, 4) is 0 Å². The number of carbonyl (C=O) groups excluding carboxylic acids is 1. The molecule has 0 saturated heterocycles. The molecule has 2 unspecified atom stereocenters.